The first-order chi connectivity index (χ1) is 29.9. The third-order valence-corrected chi connectivity index (χ3v) is 10.3. The van der Waals surface area contributed by atoms with Crippen molar-refractivity contribution in [1.82, 2.24) is 21.3 Å². The molecule has 0 saturated carbocycles. The van der Waals surface area contributed by atoms with Crippen LogP contribution in [0.1, 0.15) is 78.6 Å². The van der Waals surface area contributed by atoms with Crippen molar-refractivity contribution in [3.63, 3.8) is 0 Å². The van der Waals surface area contributed by atoms with E-state index in [1.165, 1.54) is 0 Å². The lowest BCUT2D eigenvalue weighted by Crippen LogP contribution is -2.53. The molecule has 0 aliphatic heterocycles. The maximum Gasteiger partial charge on any atom is 0.407 e. The Labute approximate surface area is 363 Å². The Morgan fingerprint density at radius 2 is 1.32 bits per heavy atom. The average Bonchev–Trinajstić information content (AvgIpc) is 3.60. The van der Waals surface area contributed by atoms with E-state index < -0.39 is 42.6 Å². The second kappa shape index (κ2) is 23.8. The van der Waals surface area contributed by atoms with Crippen LogP contribution >= 0.6 is 0 Å². The quantitative estimate of drug-likeness (QED) is 0.0493. The summed E-state index contributed by atoms with van der Waals surface area (Å²) in [5.41, 5.74) is 6.89. The van der Waals surface area contributed by atoms with Gasteiger partial charge in [0.2, 0.25) is 11.8 Å². The zero-order chi connectivity index (χ0) is 44.3. The summed E-state index contributed by atoms with van der Waals surface area (Å²) < 4.78 is 21.9. The molecule has 0 fully saturated rings. The Bertz CT molecular complexity index is 2040. The zero-order valence-corrected chi connectivity index (χ0v) is 35.7. The van der Waals surface area contributed by atoms with Crippen LogP contribution in [0.15, 0.2) is 103 Å². The van der Waals surface area contributed by atoms with Crippen molar-refractivity contribution in [2.75, 3.05) is 52.7 Å². The maximum atomic E-state index is 13.4. The van der Waals surface area contributed by atoms with Gasteiger partial charge in [0.15, 0.2) is 6.04 Å². The van der Waals surface area contributed by atoms with Gasteiger partial charge in [0, 0.05) is 24.6 Å². The number of esters is 1. The van der Waals surface area contributed by atoms with Crippen molar-refractivity contribution in [1.29, 1.82) is 0 Å². The Morgan fingerprint density at radius 3 is 1.98 bits per heavy atom. The number of hydrogen-bond acceptors (Lipinski definition) is 10. The molecule has 1 aliphatic rings. The lowest BCUT2D eigenvalue weighted by molar-refractivity contribution is -0.150. The summed E-state index contributed by atoms with van der Waals surface area (Å²) in [6.07, 6.45) is 0.431. The first kappa shape index (κ1) is 47.0. The van der Waals surface area contributed by atoms with Gasteiger partial charge in [0.05, 0.1) is 26.4 Å². The Kier molecular flexibility index (Phi) is 18.0. The second-order valence-electron chi connectivity index (χ2n) is 16.0. The zero-order valence-electron chi connectivity index (χ0n) is 35.7. The van der Waals surface area contributed by atoms with Crippen molar-refractivity contribution in [3.8, 4) is 11.1 Å². The van der Waals surface area contributed by atoms with Crippen LogP contribution < -0.4 is 21.3 Å². The molecular weight excluding hydrogens is 793 g/mol. The van der Waals surface area contributed by atoms with Crippen molar-refractivity contribution in [3.05, 3.63) is 131 Å². The van der Waals surface area contributed by atoms with Gasteiger partial charge < -0.3 is 45.3 Å². The van der Waals surface area contributed by atoms with Crippen molar-refractivity contribution >= 4 is 29.8 Å². The van der Waals surface area contributed by atoms with E-state index >= 15 is 0 Å². The monoisotopic (exact) mass is 850 g/mol. The molecule has 0 bridgehead atoms. The Balaban J connectivity index is 1.03. The molecule has 0 spiro atoms. The minimum absolute atomic E-state index is 0.0109. The van der Waals surface area contributed by atoms with Gasteiger partial charge in [-0.25, -0.2) is 9.59 Å². The van der Waals surface area contributed by atoms with E-state index in [2.05, 4.69) is 54.2 Å². The lowest BCUT2D eigenvalue weighted by Gasteiger charge is -2.22. The number of ether oxygens (including phenoxy) is 4. The highest BCUT2D eigenvalue weighted by atomic mass is 16.6. The summed E-state index contributed by atoms with van der Waals surface area (Å²) in [5.74, 6) is -2.40. The summed E-state index contributed by atoms with van der Waals surface area (Å²) in [7, 11) is 0. The van der Waals surface area contributed by atoms with E-state index in [4.69, 9.17) is 18.9 Å². The number of unbranched alkanes of at least 4 members (excludes halogenated alkanes) is 1. The van der Waals surface area contributed by atoms with E-state index in [9.17, 15) is 29.1 Å². The first-order valence-electron chi connectivity index (χ1n) is 21.0. The van der Waals surface area contributed by atoms with Gasteiger partial charge in [0.25, 0.3) is 5.91 Å². The van der Waals surface area contributed by atoms with Gasteiger partial charge in [-0.1, -0.05) is 112 Å². The number of aliphatic hydroxyl groups excluding tert-OH is 1. The fourth-order valence-electron chi connectivity index (χ4n) is 6.94. The van der Waals surface area contributed by atoms with Gasteiger partial charge in [-0.15, -0.1) is 0 Å². The minimum Gasteiger partial charge on any atom is -0.459 e. The van der Waals surface area contributed by atoms with E-state index in [1.807, 2.05) is 54.6 Å². The number of aliphatic hydroxyl groups is 1. The summed E-state index contributed by atoms with van der Waals surface area (Å²) in [4.78, 5) is 64.3. The van der Waals surface area contributed by atoms with E-state index in [0.717, 1.165) is 33.4 Å². The molecule has 4 aromatic rings. The second-order valence-corrected chi connectivity index (χ2v) is 16.0. The normalized spacial score (nSPS) is 12.9. The lowest BCUT2D eigenvalue weighted by atomic mass is 9.87. The number of alkyl carbamates (subject to hydrolysis) is 1. The fourth-order valence-corrected chi connectivity index (χ4v) is 6.94. The number of hydrogen-bond donors (Lipinski definition) is 5. The molecule has 5 N–H and O–H groups in total. The predicted molar refractivity (Wildman–Crippen MR) is 233 cm³/mol. The molecule has 0 heterocycles. The van der Waals surface area contributed by atoms with Gasteiger partial charge in [-0.05, 0) is 70.2 Å². The van der Waals surface area contributed by atoms with Crippen molar-refractivity contribution < 1.29 is 48.0 Å². The van der Waals surface area contributed by atoms with Crippen LogP contribution in [-0.4, -0.2) is 99.7 Å². The number of carbonyl (C=O) groups is 5. The van der Waals surface area contributed by atoms with Gasteiger partial charge >= 0.3 is 12.1 Å². The SMILES string of the molecule is CC(C)(C)c1ccc(C(=O)NCCOCCOCC(=O)N[C@@H](CCCCNC(=O)OCC2c3ccccc3-c3ccccc32)C(=O)N[C@@H](CO)C(=O)OCc2ccccc2)cc1. The van der Waals surface area contributed by atoms with E-state index in [0.29, 0.717) is 18.4 Å². The standard InChI is InChI=1S/C48H58N4O10/c1-48(2,3)35-22-20-34(21-23-35)44(55)49-25-26-59-27-28-60-32-43(54)51-41(45(56)52-42(29-53)46(57)61-30-33-13-5-4-6-14-33)19-11-12-24-50-47(58)62-31-40-38-17-9-7-15-36(38)37-16-8-10-18-39(37)40/h4-10,13-18,20-23,40-42,53H,11-12,19,24-32H2,1-3H3,(H,49,55)(H,50,58)(H,51,54)(H,52,56)/t41-,42-/m0/s1. The van der Waals surface area contributed by atoms with Crippen LogP contribution in [0.2, 0.25) is 0 Å². The smallest absolute Gasteiger partial charge is 0.407 e. The van der Waals surface area contributed by atoms with Crippen LogP contribution in [0.5, 0.6) is 0 Å². The maximum absolute atomic E-state index is 13.4. The predicted octanol–water partition coefficient (Wildman–Crippen LogP) is 5.16. The Morgan fingerprint density at radius 1 is 0.677 bits per heavy atom. The largest absolute Gasteiger partial charge is 0.459 e. The van der Waals surface area contributed by atoms with Crippen LogP contribution in [0.4, 0.5) is 4.79 Å². The fraction of sp³-hybridized carbons (Fsp3) is 0.396. The summed E-state index contributed by atoms with van der Waals surface area (Å²) in [6.45, 7) is 6.36. The van der Waals surface area contributed by atoms with Gasteiger partial charge in [0.1, 0.15) is 25.9 Å². The molecule has 1 aliphatic carbocycles. The van der Waals surface area contributed by atoms with Gasteiger partial charge in [-0.2, -0.15) is 0 Å². The molecule has 2 atom stereocenters. The minimum atomic E-state index is -1.37. The molecule has 0 unspecified atom stereocenters. The molecule has 14 heteroatoms. The number of fused-ring (bicyclic) bond motifs is 3. The first-order valence-corrected chi connectivity index (χ1v) is 21.0. The number of carbonyl (C=O) groups excluding carboxylic acids is 5. The molecular formula is C48H58N4O10. The van der Waals surface area contributed by atoms with Crippen LogP contribution in [-0.2, 0) is 45.4 Å². The topological polar surface area (TPSA) is 191 Å². The molecule has 0 radical (unpaired) electrons. The molecule has 4 amide bonds. The third-order valence-electron chi connectivity index (χ3n) is 10.3. The van der Waals surface area contributed by atoms with Gasteiger partial charge in [-0.3, -0.25) is 14.4 Å². The number of rotatable bonds is 23. The molecule has 5 rings (SSSR count). The van der Waals surface area contributed by atoms with E-state index in [1.54, 1.807) is 36.4 Å². The molecule has 14 nitrogen and oxygen atoms in total. The molecule has 4 aromatic carbocycles. The number of nitrogens with one attached hydrogen (secondary N) is 4. The van der Waals surface area contributed by atoms with Crippen LogP contribution in [0, 0.1) is 0 Å². The number of amides is 4. The highest BCUT2D eigenvalue weighted by Crippen LogP contribution is 2.44. The average molecular weight is 851 g/mol. The molecule has 330 valence electrons. The van der Waals surface area contributed by atoms with Crippen LogP contribution in [0.3, 0.4) is 0 Å². The van der Waals surface area contributed by atoms with Crippen LogP contribution in [0.25, 0.3) is 11.1 Å². The number of benzene rings is 4. The Hall–Kier alpha value is -6.09. The molecule has 0 aromatic heterocycles. The van der Waals surface area contributed by atoms with Crippen molar-refractivity contribution in [2.24, 2.45) is 0 Å². The summed E-state index contributed by atoms with van der Waals surface area (Å²) >= 11 is 0. The molecule has 62 heavy (non-hydrogen) atoms. The molecule has 0 saturated heterocycles. The van der Waals surface area contributed by atoms with Crippen molar-refractivity contribution in [2.45, 2.75) is 70.1 Å². The summed E-state index contributed by atoms with van der Waals surface area (Å²) in [5, 5.41) is 20.6. The highest BCUT2D eigenvalue weighted by molar-refractivity contribution is 5.94. The summed E-state index contributed by atoms with van der Waals surface area (Å²) in [6, 6.07) is 30.1. The highest BCUT2D eigenvalue weighted by Gasteiger charge is 2.30. The third kappa shape index (κ3) is 14.3. The van der Waals surface area contributed by atoms with E-state index in [-0.39, 0.29) is 76.4 Å².